The van der Waals surface area contributed by atoms with E-state index in [0.29, 0.717) is 12.3 Å². The molecule has 0 aromatic rings. The lowest BCUT2D eigenvalue weighted by Crippen LogP contribution is -2.35. The molecule has 1 saturated carbocycles. The number of carbonyl (C=O) groups is 1. The number of hydrogen-bond acceptors (Lipinski definition) is 2. The van der Waals surface area contributed by atoms with E-state index in [1.807, 2.05) is 0 Å². The second-order valence-electron chi connectivity index (χ2n) is 3.56. The number of Topliss-reactive ketones (excluding diaryl/α,β-unsaturated/α-hetero) is 1. The highest BCUT2D eigenvalue weighted by molar-refractivity contribution is 5.84. The van der Waals surface area contributed by atoms with Crippen molar-refractivity contribution in [3.8, 4) is 0 Å². The number of ketones is 1. The minimum atomic E-state index is 0.261. The zero-order chi connectivity index (χ0) is 7.03. The summed E-state index contributed by atoms with van der Waals surface area (Å²) in [4.78, 5) is 10.9. The molecule has 2 heteroatoms. The SMILES string of the molecule is O=C1CNC2(CCCC2)C1. The van der Waals surface area contributed by atoms with Crippen LogP contribution in [-0.2, 0) is 4.79 Å². The van der Waals surface area contributed by atoms with Gasteiger partial charge in [0.15, 0.2) is 0 Å². The van der Waals surface area contributed by atoms with Crippen LogP contribution in [0.15, 0.2) is 0 Å². The van der Waals surface area contributed by atoms with Crippen molar-refractivity contribution >= 4 is 5.78 Å². The van der Waals surface area contributed by atoms with Crippen LogP contribution in [0.3, 0.4) is 0 Å². The van der Waals surface area contributed by atoms with Crippen LogP contribution in [0.1, 0.15) is 32.1 Å². The van der Waals surface area contributed by atoms with E-state index < -0.39 is 0 Å². The molecule has 56 valence electrons. The highest BCUT2D eigenvalue weighted by atomic mass is 16.1. The monoisotopic (exact) mass is 139 g/mol. The Morgan fingerprint density at radius 1 is 1.30 bits per heavy atom. The molecular formula is C8H13NO. The van der Waals surface area contributed by atoms with Crippen molar-refractivity contribution in [2.24, 2.45) is 0 Å². The van der Waals surface area contributed by atoms with Gasteiger partial charge in [0.25, 0.3) is 0 Å². The fourth-order valence-corrected chi connectivity index (χ4v) is 2.19. The summed E-state index contributed by atoms with van der Waals surface area (Å²) >= 11 is 0. The maximum Gasteiger partial charge on any atom is 0.148 e. The second-order valence-corrected chi connectivity index (χ2v) is 3.56. The van der Waals surface area contributed by atoms with E-state index in [1.165, 1.54) is 25.7 Å². The van der Waals surface area contributed by atoms with E-state index in [1.54, 1.807) is 0 Å². The molecular weight excluding hydrogens is 126 g/mol. The number of rotatable bonds is 0. The standard InChI is InChI=1S/C8H13NO/c10-7-5-8(9-6-7)3-1-2-4-8/h9H,1-6H2. The molecule has 0 aromatic heterocycles. The summed E-state index contributed by atoms with van der Waals surface area (Å²) in [6.07, 6.45) is 5.85. The first kappa shape index (κ1) is 6.35. The van der Waals surface area contributed by atoms with Gasteiger partial charge in [0.2, 0.25) is 0 Å². The summed E-state index contributed by atoms with van der Waals surface area (Å²) < 4.78 is 0. The molecule has 0 aromatic carbocycles. The lowest BCUT2D eigenvalue weighted by molar-refractivity contribution is -0.116. The largest absolute Gasteiger partial charge is 0.304 e. The second kappa shape index (κ2) is 2.06. The van der Waals surface area contributed by atoms with Gasteiger partial charge in [0.05, 0.1) is 6.54 Å². The Kier molecular flexibility index (Phi) is 1.31. The van der Waals surface area contributed by atoms with E-state index in [-0.39, 0.29) is 5.54 Å². The van der Waals surface area contributed by atoms with Gasteiger partial charge in [-0.3, -0.25) is 4.79 Å². The molecule has 1 aliphatic carbocycles. The summed E-state index contributed by atoms with van der Waals surface area (Å²) in [5.41, 5.74) is 0.261. The van der Waals surface area contributed by atoms with Gasteiger partial charge in [-0.05, 0) is 12.8 Å². The minimum absolute atomic E-state index is 0.261. The Balaban J connectivity index is 2.09. The van der Waals surface area contributed by atoms with Gasteiger partial charge >= 0.3 is 0 Å². The van der Waals surface area contributed by atoms with Gasteiger partial charge in [-0.2, -0.15) is 0 Å². The summed E-state index contributed by atoms with van der Waals surface area (Å²) in [5, 5.41) is 3.33. The molecule has 1 spiro atoms. The normalized spacial score (nSPS) is 30.2. The smallest absolute Gasteiger partial charge is 0.148 e. The predicted molar refractivity (Wildman–Crippen MR) is 38.8 cm³/mol. The average molecular weight is 139 g/mol. The zero-order valence-electron chi connectivity index (χ0n) is 6.15. The Hall–Kier alpha value is -0.370. The van der Waals surface area contributed by atoms with Crippen LogP contribution in [0, 0.1) is 0 Å². The van der Waals surface area contributed by atoms with Crippen LogP contribution < -0.4 is 5.32 Å². The Morgan fingerprint density at radius 2 is 2.00 bits per heavy atom. The van der Waals surface area contributed by atoms with Crippen molar-refractivity contribution in [3.05, 3.63) is 0 Å². The van der Waals surface area contributed by atoms with Crippen molar-refractivity contribution in [2.75, 3.05) is 6.54 Å². The molecule has 1 aliphatic heterocycles. The first-order chi connectivity index (χ1) is 4.81. The predicted octanol–water partition coefficient (Wildman–Crippen LogP) is 0.862. The van der Waals surface area contributed by atoms with E-state index in [2.05, 4.69) is 5.32 Å². The van der Waals surface area contributed by atoms with Crippen molar-refractivity contribution in [1.82, 2.24) is 5.32 Å². The van der Waals surface area contributed by atoms with Crippen LogP contribution in [-0.4, -0.2) is 17.9 Å². The molecule has 0 bridgehead atoms. The van der Waals surface area contributed by atoms with Crippen LogP contribution in [0.5, 0.6) is 0 Å². The molecule has 0 unspecified atom stereocenters. The van der Waals surface area contributed by atoms with Crippen molar-refractivity contribution in [3.63, 3.8) is 0 Å². The van der Waals surface area contributed by atoms with Gasteiger partial charge in [-0.15, -0.1) is 0 Å². The Bertz CT molecular complexity index is 159. The van der Waals surface area contributed by atoms with Crippen LogP contribution >= 0.6 is 0 Å². The quantitative estimate of drug-likeness (QED) is 0.539. The third kappa shape index (κ3) is 0.870. The third-order valence-electron chi connectivity index (χ3n) is 2.76. The first-order valence-corrected chi connectivity index (χ1v) is 4.08. The maximum atomic E-state index is 10.9. The van der Waals surface area contributed by atoms with Gasteiger partial charge < -0.3 is 5.32 Å². The lowest BCUT2D eigenvalue weighted by Gasteiger charge is -2.20. The fraction of sp³-hybridized carbons (Fsp3) is 0.875. The van der Waals surface area contributed by atoms with Crippen molar-refractivity contribution in [1.29, 1.82) is 0 Å². The Morgan fingerprint density at radius 3 is 2.50 bits per heavy atom. The molecule has 1 saturated heterocycles. The Labute approximate surface area is 61.0 Å². The topological polar surface area (TPSA) is 29.1 Å². The van der Waals surface area contributed by atoms with E-state index >= 15 is 0 Å². The molecule has 2 fully saturated rings. The molecule has 0 atom stereocenters. The van der Waals surface area contributed by atoms with E-state index in [4.69, 9.17) is 0 Å². The first-order valence-electron chi connectivity index (χ1n) is 4.08. The zero-order valence-corrected chi connectivity index (χ0v) is 6.15. The number of nitrogens with one attached hydrogen (secondary N) is 1. The molecule has 10 heavy (non-hydrogen) atoms. The van der Waals surface area contributed by atoms with Crippen molar-refractivity contribution in [2.45, 2.75) is 37.6 Å². The third-order valence-corrected chi connectivity index (χ3v) is 2.76. The average Bonchev–Trinajstić information content (AvgIpc) is 2.46. The maximum absolute atomic E-state index is 10.9. The summed E-state index contributed by atoms with van der Waals surface area (Å²) in [5.74, 6) is 0.405. The minimum Gasteiger partial charge on any atom is -0.304 e. The summed E-state index contributed by atoms with van der Waals surface area (Å²) in [6.45, 7) is 0.625. The summed E-state index contributed by atoms with van der Waals surface area (Å²) in [6, 6.07) is 0. The van der Waals surface area contributed by atoms with Crippen LogP contribution in [0.25, 0.3) is 0 Å². The highest BCUT2D eigenvalue weighted by Crippen LogP contribution is 2.34. The molecule has 1 heterocycles. The molecule has 0 radical (unpaired) electrons. The van der Waals surface area contributed by atoms with Gasteiger partial charge in [0.1, 0.15) is 5.78 Å². The van der Waals surface area contributed by atoms with Gasteiger partial charge in [-0.1, -0.05) is 12.8 Å². The number of hydrogen-bond donors (Lipinski definition) is 1. The summed E-state index contributed by atoms with van der Waals surface area (Å²) in [7, 11) is 0. The van der Waals surface area contributed by atoms with E-state index in [9.17, 15) is 4.79 Å². The van der Waals surface area contributed by atoms with Gasteiger partial charge in [-0.25, -0.2) is 0 Å². The lowest BCUT2D eigenvalue weighted by atomic mass is 9.96. The highest BCUT2D eigenvalue weighted by Gasteiger charge is 2.39. The molecule has 0 amide bonds. The molecule has 2 nitrogen and oxygen atoms in total. The van der Waals surface area contributed by atoms with Gasteiger partial charge in [0, 0.05) is 12.0 Å². The van der Waals surface area contributed by atoms with Crippen LogP contribution in [0.2, 0.25) is 0 Å². The van der Waals surface area contributed by atoms with Crippen molar-refractivity contribution < 1.29 is 4.79 Å². The molecule has 2 rings (SSSR count). The molecule has 2 aliphatic rings. The molecule has 1 N–H and O–H groups in total. The fourth-order valence-electron chi connectivity index (χ4n) is 2.19. The van der Waals surface area contributed by atoms with E-state index in [0.717, 1.165) is 6.42 Å². The van der Waals surface area contributed by atoms with Crippen LogP contribution in [0.4, 0.5) is 0 Å². The number of carbonyl (C=O) groups excluding carboxylic acids is 1.